The number of hydrazine groups is 1. The molecule has 1 saturated heterocycles. The van der Waals surface area contributed by atoms with Gasteiger partial charge in [0, 0.05) is 17.3 Å². The van der Waals surface area contributed by atoms with E-state index >= 15 is 0 Å². The molecule has 1 aliphatic rings. The van der Waals surface area contributed by atoms with Gasteiger partial charge in [0.25, 0.3) is 0 Å². The molecule has 3 aromatic carbocycles. The molecular weight excluding hydrogens is 374 g/mol. The summed E-state index contributed by atoms with van der Waals surface area (Å²) in [6, 6.07) is 26.7. The molecule has 156 valence electrons. The molecule has 1 fully saturated rings. The van der Waals surface area contributed by atoms with Crippen LogP contribution in [-0.4, -0.2) is 19.3 Å². The highest BCUT2D eigenvalue weighted by molar-refractivity contribution is 5.43. The standard InChI is InChI=1S/C25H29N3O2/c26-20-11-6-12-22(16-20)30-18-21-17-24(28-27-21)23-13-4-5-14-25(23)29-15-7-10-19-8-2-1-3-9-19/h1-6,8-9,11-14,16,21,24,27-28H,7,10,15,17-18,26H2. The topological polar surface area (TPSA) is 68.5 Å². The highest BCUT2D eigenvalue weighted by atomic mass is 16.5. The van der Waals surface area contributed by atoms with Gasteiger partial charge in [0.1, 0.15) is 18.1 Å². The van der Waals surface area contributed by atoms with Crippen molar-refractivity contribution in [3.63, 3.8) is 0 Å². The Labute approximate surface area is 178 Å². The van der Waals surface area contributed by atoms with Gasteiger partial charge in [-0.1, -0.05) is 54.6 Å². The number of aryl methyl sites for hydroxylation is 1. The van der Waals surface area contributed by atoms with Gasteiger partial charge >= 0.3 is 0 Å². The van der Waals surface area contributed by atoms with Crippen LogP contribution in [0.15, 0.2) is 78.9 Å². The minimum atomic E-state index is 0.185. The maximum absolute atomic E-state index is 6.14. The van der Waals surface area contributed by atoms with Crippen molar-refractivity contribution < 1.29 is 9.47 Å². The number of benzene rings is 3. The van der Waals surface area contributed by atoms with E-state index < -0.39 is 0 Å². The summed E-state index contributed by atoms with van der Waals surface area (Å²) >= 11 is 0. The van der Waals surface area contributed by atoms with E-state index in [4.69, 9.17) is 15.2 Å². The van der Waals surface area contributed by atoms with Gasteiger partial charge in [0.15, 0.2) is 0 Å². The monoisotopic (exact) mass is 403 g/mol. The molecule has 30 heavy (non-hydrogen) atoms. The van der Waals surface area contributed by atoms with Gasteiger partial charge < -0.3 is 15.2 Å². The normalized spacial score (nSPS) is 18.3. The van der Waals surface area contributed by atoms with Gasteiger partial charge in [-0.2, -0.15) is 0 Å². The number of ether oxygens (including phenoxy) is 2. The van der Waals surface area contributed by atoms with Crippen LogP contribution in [0.2, 0.25) is 0 Å². The molecule has 0 spiro atoms. The van der Waals surface area contributed by atoms with Gasteiger partial charge in [-0.05, 0) is 43.0 Å². The van der Waals surface area contributed by atoms with E-state index in [1.54, 1.807) is 0 Å². The molecular formula is C25H29N3O2. The average Bonchev–Trinajstić information content (AvgIpc) is 3.25. The Bertz CT molecular complexity index is 932. The molecule has 0 bridgehead atoms. The molecule has 0 aromatic heterocycles. The second-order valence-electron chi connectivity index (χ2n) is 7.63. The molecule has 5 heteroatoms. The number of rotatable bonds is 9. The minimum Gasteiger partial charge on any atom is -0.493 e. The van der Waals surface area contributed by atoms with Crippen LogP contribution in [0.5, 0.6) is 11.5 Å². The van der Waals surface area contributed by atoms with Crippen molar-refractivity contribution in [3.8, 4) is 11.5 Å². The predicted octanol–water partition coefficient (Wildman–Crippen LogP) is 4.27. The number of hydrogen-bond donors (Lipinski definition) is 3. The molecule has 2 atom stereocenters. The van der Waals surface area contributed by atoms with Crippen molar-refractivity contribution in [2.75, 3.05) is 18.9 Å². The number of anilines is 1. The van der Waals surface area contributed by atoms with Crippen LogP contribution in [0.1, 0.15) is 30.0 Å². The van der Waals surface area contributed by atoms with Crippen molar-refractivity contribution in [1.29, 1.82) is 0 Å². The van der Waals surface area contributed by atoms with Crippen LogP contribution >= 0.6 is 0 Å². The first-order valence-electron chi connectivity index (χ1n) is 10.5. The lowest BCUT2D eigenvalue weighted by Gasteiger charge is -2.16. The Hall–Kier alpha value is -3.02. The van der Waals surface area contributed by atoms with E-state index in [9.17, 15) is 0 Å². The third-order valence-electron chi connectivity index (χ3n) is 5.30. The molecule has 2 unspecified atom stereocenters. The number of nitrogens with one attached hydrogen (secondary N) is 2. The van der Waals surface area contributed by atoms with E-state index in [-0.39, 0.29) is 12.1 Å². The summed E-state index contributed by atoms with van der Waals surface area (Å²) in [5.74, 6) is 1.74. The van der Waals surface area contributed by atoms with Crippen molar-refractivity contribution >= 4 is 5.69 Å². The largest absolute Gasteiger partial charge is 0.493 e. The van der Waals surface area contributed by atoms with Crippen LogP contribution < -0.4 is 26.1 Å². The first kappa shape index (κ1) is 20.3. The smallest absolute Gasteiger partial charge is 0.124 e. The van der Waals surface area contributed by atoms with Gasteiger partial charge in [0.05, 0.1) is 18.7 Å². The average molecular weight is 404 g/mol. The summed E-state index contributed by atoms with van der Waals surface area (Å²) in [7, 11) is 0. The van der Waals surface area contributed by atoms with Crippen LogP contribution in [0.25, 0.3) is 0 Å². The van der Waals surface area contributed by atoms with E-state index in [1.807, 2.05) is 36.4 Å². The molecule has 1 heterocycles. The van der Waals surface area contributed by atoms with Crippen LogP contribution in [0.3, 0.4) is 0 Å². The first-order valence-corrected chi connectivity index (χ1v) is 10.5. The summed E-state index contributed by atoms with van der Waals surface area (Å²) in [6.07, 6.45) is 2.94. The fraction of sp³-hybridized carbons (Fsp3) is 0.280. The lowest BCUT2D eigenvalue weighted by atomic mass is 10.0. The van der Waals surface area contributed by atoms with Crippen molar-refractivity contribution in [2.45, 2.75) is 31.3 Å². The number of hydrogen-bond acceptors (Lipinski definition) is 5. The lowest BCUT2D eigenvalue weighted by Crippen LogP contribution is -2.34. The van der Waals surface area contributed by atoms with Gasteiger partial charge in [-0.25, -0.2) is 5.43 Å². The Morgan fingerprint density at radius 1 is 0.867 bits per heavy atom. The highest BCUT2D eigenvalue weighted by Crippen LogP contribution is 2.30. The number of nitrogens with two attached hydrogens (primary N) is 1. The SMILES string of the molecule is Nc1cccc(OCC2CC(c3ccccc3OCCCc3ccccc3)NN2)c1. The third-order valence-corrected chi connectivity index (χ3v) is 5.30. The summed E-state index contributed by atoms with van der Waals surface area (Å²) in [6.45, 7) is 1.28. The molecule has 4 rings (SSSR count). The Balaban J connectivity index is 1.28. The van der Waals surface area contributed by atoms with Gasteiger partial charge in [-0.15, -0.1) is 0 Å². The zero-order valence-electron chi connectivity index (χ0n) is 17.1. The second-order valence-corrected chi connectivity index (χ2v) is 7.63. The summed E-state index contributed by atoms with van der Waals surface area (Å²) in [4.78, 5) is 0. The Morgan fingerprint density at radius 3 is 2.57 bits per heavy atom. The molecule has 0 aliphatic carbocycles. The lowest BCUT2D eigenvalue weighted by molar-refractivity contribution is 0.273. The molecule has 0 radical (unpaired) electrons. The van der Waals surface area contributed by atoms with Gasteiger partial charge in [-0.3, -0.25) is 5.43 Å². The molecule has 3 aromatic rings. The number of para-hydroxylation sites is 1. The van der Waals surface area contributed by atoms with Crippen LogP contribution in [0, 0.1) is 0 Å². The van der Waals surface area contributed by atoms with E-state index in [0.29, 0.717) is 18.9 Å². The first-order chi connectivity index (χ1) is 14.8. The third kappa shape index (κ3) is 5.53. The van der Waals surface area contributed by atoms with Crippen molar-refractivity contribution in [2.24, 2.45) is 0 Å². The summed E-state index contributed by atoms with van der Waals surface area (Å²) in [5.41, 5.74) is 15.8. The zero-order valence-corrected chi connectivity index (χ0v) is 17.1. The molecule has 5 nitrogen and oxygen atoms in total. The van der Waals surface area contributed by atoms with Crippen molar-refractivity contribution in [3.05, 3.63) is 90.0 Å². The van der Waals surface area contributed by atoms with E-state index in [0.717, 1.165) is 30.8 Å². The maximum atomic E-state index is 6.14. The summed E-state index contributed by atoms with van der Waals surface area (Å²) < 4.78 is 12.0. The van der Waals surface area contributed by atoms with E-state index in [2.05, 4.69) is 53.3 Å². The van der Waals surface area contributed by atoms with Crippen molar-refractivity contribution in [1.82, 2.24) is 10.9 Å². The fourth-order valence-corrected chi connectivity index (χ4v) is 3.74. The summed E-state index contributed by atoms with van der Waals surface area (Å²) in [5, 5.41) is 0. The minimum absolute atomic E-state index is 0.185. The molecule has 0 amide bonds. The Morgan fingerprint density at radius 2 is 1.70 bits per heavy atom. The van der Waals surface area contributed by atoms with Crippen LogP contribution in [0.4, 0.5) is 5.69 Å². The van der Waals surface area contributed by atoms with E-state index in [1.165, 1.54) is 11.1 Å². The highest BCUT2D eigenvalue weighted by Gasteiger charge is 2.27. The van der Waals surface area contributed by atoms with Crippen LogP contribution in [-0.2, 0) is 6.42 Å². The number of nitrogen functional groups attached to an aromatic ring is 1. The molecule has 0 saturated carbocycles. The molecule has 1 aliphatic heterocycles. The quantitative estimate of drug-likeness (QED) is 0.368. The molecule has 4 N–H and O–H groups in total. The second kappa shape index (κ2) is 10.1. The predicted molar refractivity (Wildman–Crippen MR) is 120 cm³/mol. The maximum Gasteiger partial charge on any atom is 0.124 e. The fourth-order valence-electron chi connectivity index (χ4n) is 3.74. The zero-order chi connectivity index (χ0) is 20.6. The Kier molecular flexibility index (Phi) is 6.85. The van der Waals surface area contributed by atoms with Gasteiger partial charge in [0.2, 0.25) is 0 Å².